The van der Waals surface area contributed by atoms with Gasteiger partial charge in [0.15, 0.2) is 0 Å². The van der Waals surface area contributed by atoms with Crippen LogP contribution in [0, 0.1) is 25.2 Å². The predicted molar refractivity (Wildman–Crippen MR) is 42.9 cm³/mol. The molecule has 0 aromatic heterocycles. The molecule has 0 aromatic carbocycles. The summed E-state index contributed by atoms with van der Waals surface area (Å²) in [5.41, 5.74) is 0. The van der Waals surface area contributed by atoms with Crippen LogP contribution in [0.3, 0.4) is 0 Å². The Morgan fingerprint density at radius 1 is 1.33 bits per heavy atom. The average Bonchev–Trinajstić information content (AvgIpc) is 1.87. The van der Waals surface area contributed by atoms with E-state index in [1.165, 1.54) is 12.8 Å². The largest absolute Gasteiger partial charge is 0.369 e. The van der Waals surface area contributed by atoms with Crippen LogP contribution in [0.5, 0.6) is 0 Å². The summed E-state index contributed by atoms with van der Waals surface area (Å²) in [4.78, 5) is 0. The Kier molecular flexibility index (Phi) is 4.84. The average molecular weight is 126 g/mol. The van der Waals surface area contributed by atoms with E-state index < -0.39 is 0 Å². The van der Waals surface area contributed by atoms with E-state index in [2.05, 4.69) is 34.1 Å². The molecule has 2 atom stereocenters. The minimum atomic E-state index is 0.556. The second-order valence-electron chi connectivity index (χ2n) is 2.75. The van der Waals surface area contributed by atoms with Crippen LogP contribution in [0.4, 0.5) is 0 Å². The molecule has 0 aliphatic heterocycles. The van der Waals surface area contributed by atoms with Gasteiger partial charge in [-0.25, -0.2) is 0 Å². The van der Waals surface area contributed by atoms with Crippen molar-refractivity contribution in [3.8, 4) is 0 Å². The van der Waals surface area contributed by atoms with E-state index in [4.69, 9.17) is 0 Å². The Bertz CT molecular complexity index is 49.1. The van der Waals surface area contributed by atoms with Crippen molar-refractivity contribution in [3.63, 3.8) is 0 Å². The molecule has 0 saturated heterocycles. The molecule has 0 aromatic rings. The van der Waals surface area contributed by atoms with Gasteiger partial charge in [0.2, 0.25) is 0 Å². The van der Waals surface area contributed by atoms with Crippen LogP contribution in [-0.2, 0) is 0 Å². The lowest BCUT2D eigenvalue weighted by Gasteiger charge is -2.31. The molecule has 9 heavy (non-hydrogen) atoms. The number of hydrogen-bond donors (Lipinski definition) is 0. The van der Waals surface area contributed by atoms with Crippen LogP contribution in [0.15, 0.2) is 0 Å². The van der Waals surface area contributed by atoms with Crippen molar-refractivity contribution in [3.05, 3.63) is 13.3 Å². The summed E-state index contributed by atoms with van der Waals surface area (Å²) in [6, 6.07) is 0. The normalized spacial score (nSPS) is 17.3. The molecule has 0 aliphatic carbocycles. The van der Waals surface area contributed by atoms with Crippen LogP contribution in [0.1, 0.15) is 33.6 Å². The molecule has 0 bridgehead atoms. The Morgan fingerprint density at radius 3 is 2.22 bits per heavy atom. The standard InChI is InChI=1S/C9H18/c1-5-8(3)7-9(4)6-2/h7-9H,3,5-6H2,1-2,4H3/q-2. The Morgan fingerprint density at radius 2 is 1.89 bits per heavy atom. The first-order valence-electron chi connectivity index (χ1n) is 3.88. The molecule has 0 amide bonds. The molecule has 0 nitrogen and oxygen atoms in total. The van der Waals surface area contributed by atoms with Crippen LogP contribution < -0.4 is 0 Å². The quantitative estimate of drug-likeness (QED) is 0.508. The SMILES string of the molecule is [CH2-]C([CH-]C(C)CC)CC. The highest BCUT2D eigenvalue weighted by atomic mass is 14.1. The van der Waals surface area contributed by atoms with Gasteiger partial charge in [0.1, 0.15) is 0 Å². The molecule has 0 heteroatoms. The van der Waals surface area contributed by atoms with Gasteiger partial charge < -0.3 is 19.3 Å². The van der Waals surface area contributed by atoms with E-state index in [1.54, 1.807) is 0 Å². The smallest absolute Gasteiger partial charge is 0.0676 e. The lowest BCUT2D eigenvalue weighted by atomic mass is 9.94. The van der Waals surface area contributed by atoms with Crippen LogP contribution in [-0.4, -0.2) is 0 Å². The third-order valence-corrected chi connectivity index (χ3v) is 1.77. The topological polar surface area (TPSA) is 0 Å². The van der Waals surface area contributed by atoms with Gasteiger partial charge in [-0.05, 0) is 0 Å². The summed E-state index contributed by atoms with van der Waals surface area (Å²) in [6.07, 6.45) is 4.75. The highest BCUT2D eigenvalue weighted by Gasteiger charge is 1.86. The number of hydrogen-bond acceptors (Lipinski definition) is 0. The molecule has 0 spiro atoms. The lowest BCUT2D eigenvalue weighted by molar-refractivity contribution is 0.550. The van der Waals surface area contributed by atoms with Gasteiger partial charge in [-0.3, -0.25) is 0 Å². The van der Waals surface area contributed by atoms with Crippen molar-refractivity contribution in [1.29, 1.82) is 0 Å². The molecule has 0 heterocycles. The maximum atomic E-state index is 3.99. The van der Waals surface area contributed by atoms with Gasteiger partial charge >= 0.3 is 0 Å². The summed E-state index contributed by atoms with van der Waals surface area (Å²) >= 11 is 0. The molecule has 0 aliphatic rings. The molecule has 0 N–H and O–H groups in total. The molecule has 0 radical (unpaired) electrons. The Labute approximate surface area is 59.7 Å². The van der Waals surface area contributed by atoms with Gasteiger partial charge in [0, 0.05) is 0 Å². The van der Waals surface area contributed by atoms with Crippen LogP contribution in [0.25, 0.3) is 0 Å². The zero-order valence-electron chi connectivity index (χ0n) is 6.85. The van der Waals surface area contributed by atoms with E-state index in [0.29, 0.717) is 5.92 Å². The van der Waals surface area contributed by atoms with E-state index in [1.807, 2.05) is 0 Å². The minimum Gasteiger partial charge on any atom is -0.369 e. The van der Waals surface area contributed by atoms with Gasteiger partial charge in [0.25, 0.3) is 0 Å². The van der Waals surface area contributed by atoms with Crippen molar-refractivity contribution in [2.24, 2.45) is 11.8 Å². The second-order valence-corrected chi connectivity index (χ2v) is 2.75. The monoisotopic (exact) mass is 126 g/mol. The van der Waals surface area contributed by atoms with E-state index in [9.17, 15) is 0 Å². The zero-order valence-corrected chi connectivity index (χ0v) is 6.85. The first-order valence-corrected chi connectivity index (χ1v) is 3.88. The molecule has 56 valence electrons. The summed E-state index contributed by atoms with van der Waals surface area (Å²) in [5.74, 6) is 1.30. The maximum Gasteiger partial charge on any atom is -0.0676 e. The molecular formula is C9H18-2. The zero-order chi connectivity index (χ0) is 7.28. The second kappa shape index (κ2) is 4.84. The third kappa shape index (κ3) is 4.50. The van der Waals surface area contributed by atoms with Crippen molar-refractivity contribution >= 4 is 0 Å². The fourth-order valence-electron chi connectivity index (χ4n) is 0.737. The summed E-state index contributed by atoms with van der Waals surface area (Å²) in [5, 5.41) is 0. The van der Waals surface area contributed by atoms with E-state index >= 15 is 0 Å². The first-order chi connectivity index (χ1) is 4.20. The first kappa shape index (κ1) is 9.00. The van der Waals surface area contributed by atoms with Crippen molar-refractivity contribution in [2.45, 2.75) is 33.6 Å². The van der Waals surface area contributed by atoms with Gasteiger partial charge in [-0.2, -0.15) is 5.92 Å². The van der Waals surface area contributed by atoms with Crippen molar-refractivity contribution < 1.29 is 0 Å². The lowest BCUT2D eigenvalue weighted by Crippen LogP contribution is -2.01. The van der Waals surface area contributed by atoms with Crippen molar-refractivity contribution in [1.82, 2.24) is 0 Å². The van der Waals surface area contributed by atoms with Gasteiger partial charge in [-0.1, -0.05) is 27.2 Å². The molecule has 0 saturated carbocycles. The van der Waals surface area contributed by atoms with E-state index in [-0.39, 0.29) is 0 Å². The summed E-state index contributed by atoms with van der Waals surface area (Å²) in [6.45, 7) is 10.6. The molecule has 0 rings (SSSR count). The molecule has 0 fully saturated rings. The highest BCUT2D eigenvalue weighted by molar-refractivity contribution is 4.80. The predicted octanol–water partition coefficient (Wildman–Crippen LogP) is 3.10. The van der Waals surface area contributed by atoms with Crippen LogP contribution >= 0.6 is 0 Å². The Balaban J connectivity index is 3.22. The summed E-state index contributed by atoms with van der Waals surface area (Å²) < 4.78 is 0. The molecular weight excluding hydrogens is 108 g/mol. The molecule has 2 unspecified atom stereocenters. The third-order valence-electron chi connectivity index (χ3n) is 1.77. The van der Waals surface area contributed by atoms with Gasteiger partial charge in [0.05, 0.1) is 0 Å². The van der Waals surface area contributed by atoms with E-state index in [0.717, 1.165) is 5.92 Å². The fraction of sp³-hybridized carbons (Fsp3) is 0.778. The highest BCUT2D eigenvalue weighted by Crippen LogP contribution is 2.14. The van der Waals surface area contributed by atoms with Gasteiger partial charge in [-0.15, -0.1) is 6.42 Å². The minimum absolute atomic E-state index is 0.556. The Hall–Kier alpha value is 0. The maximum absolute atomic E-state index is 3.99. The fourth-order valence-corrected chi connectivity index (χ4v) is 0.737. The summed E-state index contributed by atoms with van der Waals surface area (Å²) in [7, 11) is 0. The van der Waals surface area contributed by atoms with Crippen LogP contribution in [0.2, 0.25) is 0 Å². The van der Waals surface area contributed by atoms with Crippen molar-refractivity contribution in [2.75, 3.05) is 0 Å². The number of rotatable bonds is 4.